The summed E-state index contributed by atoms with van der Waals surface area (Å²) in [7, 11) is -5.77. The molecule has 2 N–H and O–H groups in total. The van der Waals surface area contributed by atoms with Crippen molar-refractivity contribution in [2.24, 2.45) is 5.14 Å². The Kier molecular flexibility index (Phi) is 5.17. The van der Waals surface area contributed by atoms with Gasteiger partial charge in [-0.1, -0.05) is 12.1 Å². The van der Waals surface area contributed by atoms with E-state index < -0.39 is 43.1 Å². The minimum Gasteiger partial charge on any atom is -0.255 e. The first-order chi connectivity index (χ1) is 13.0. The van der Waals surface area contributed by atoms with Crippen LogP contribution in [-0.2, 0) is 27.0 Å². The molecule has 1 heterocycles. The summed E-state index contributed by atoms with van der Waals surface area (Å²) in [4.78, 5) is -0.219. The molecule has 3 aromatic rings. The molecule has 0 saturated carbocycles. The van der Waals surface area contributed by atoms with E-state index in [2.05, 4.69) is 5.10 Å². The molecular weight excluding hydrogens is 415 g/mol. The number of sulfonamides is 1. The van der Waals surface area contributed by atoms with Crippen molar-refractivity contribution in [2.75, 3.05) is 6.26 Å². The van der Waals surface area contributed by atoms with Crippen molar-refractivity contribution in [1.29, 1.82) is 0 Å². The van der Waals surface area contributed by atoms with E-state index in [-0.39, 0.29) is 5.56 Å². The number of aromatic nitrogens is 2. The summed E-state index contributed by atoms with van der Waals surface area (Å²) in [6, 6.07) is 9.20. The molecule has 0 radical (unpaired) electrons. The lowest BCUT2D eigenvalue weighted by atomic mass is 10.0. The Morgan fingerprint density at radius 1 is 1.11 bits per heavy atom. The van der Waals surface area contributed by atoms with Crippen LogP contribution in [0.3, 0.4) is 0 Å². The van der Waals surface area contributed by atoms with Crippen molar-refractivity contribution in [3.63, 3.8) is 0 Å². The highest BCUT2D eigenvalue weighted by atomic mass is 32.2. The van der Waals surface area contributed by atoms with Crippen molar-refractivity contribution >= 4 is 20.8 Å². The minimum absolute atomic E-state index is 0.000640. The molecule has 2 aromatic carbocycles. The zero-order valence-electron chi connectivity index (χ0n) is 14.3. The molecule has 0 bridgehead atoms. The maximum absolute atomic E-state index is 13.8. The average Bonchev–Trinajstić information content (AvgIpc) is 3.13. The number of hydrogen-bond donors (Lipinski definition) is 1. The maximum atomic E-state index is 13.8. The van der Waals surface area contributed by atoms with Gasteiger partial charge in [0.05, 0.1) is 11.3 Å². The van der Waals surface area contributed by atoms with E-state index in [1.807, 2.05) is 0 Å². The van der Waals surface area contributed by atoms with Crippen LogP contribution in [-0.4, -0.2) is 28.7 Å². The number of nitrogens with zero attached hydrogens (tertiary/aromatic N) is 2. The first kappa shape index (κ1) is 20.2. The average molecular weight is 429 g/mol. The molecule has 0 amide bonds. The van der Waals surface area contributed by atoms with Gasteiger partial charge in [0.2, 0.25) is 10.0 Å². The number of benzene rings is 2. The number of alkyl halides is 3. The smallest absolute Gasteiger partial charge is 0.255 e. The van der Waals surface area contributed by atoms with Gasteiger partial charge in [0, 0.05) is 34.3 Å². The molecule has 0 aliphatic heterocycles. The van der Waals surface area contributed by atoms with Gasteiger partial charge < -0.3 is 0 Å². The normalized spacial score (nSPS) is 13.5. The van der Waals surface area contributed by atoms with Crippen molar-refractivity contribution < 1.29 is 25.8 Å². The second-order valence-electron chi connectivity index (χ2n) is 5.84. The Hall–Kier alpha value is -2.50. The van der Waals surface area contributed by atoms with Gasteiger partial charge in [0.25, 0.3) is 0 Å². The molecule has 148 valence electrons. The van der Waals surface area contributed by atoms with Gasteiger partial charge in [-0.05, 0) is 41.5 Å². The molecule has 1 atom stereocenters. The van der Waals surface area contributed by atoms with Gasteiger partial charge in [-0.25, -0.2) is 18.2 Å². The zero-order valence-corrected chi connectivity index (χ0v) is 16.0. The van der Waals surface area contributed by atoms with E-state index in [4.69, 9.17) is 5.14 Å². The number of rotatable bonds is 4. The largest absolute Gasteiger partial charge is 0.418 e. The summed E-state index contributed by atoms with van der Waals surface area (Å²) >= 11 is 0. The monoisotopic (exact) mass is 429 g/mol. The van der Waals surface area contributed by atoms with Gasteiger partial charge in [-0.2, -0.15) is 18.3 Å². The number of halogens is 3. The first-order valence-corrected chi connectivity index (χ1v) is 10.8. The Labute approximate surface area is 161 Å². The van der Waals surface area contributed by atoms with Crippen LogP contribution in [0.5, 0.6) is 0 Å². The topological polar surface area (TPSA) is 95.0 Å². The van der Waals surface area contributed by atoms with Gasteiger partial charge in [0.15, 0.2) is 0 Å². The van der Waals surface area contributed by atoms with E-state index in [1.165, 1.54) is 49.0 Å². The van der Waals surface area contributed by atoms with Crippen LogP contribution in [0.4, 0.5) is 13.2 Å². The third-order valence-electron chi connectivity index (χ3n) is 3.94. The number of hydrogen-bond acceptors (Lipinski definition) is 4. The van der Waals surface area contributed by atoms with Crippen LogP contribution in [0.15, 0.2) is 64.6 Å². The highest BCUT2D eigenvalue weighted by Crippen LogP contribution is 2.39. The van der Waals surface area contributed by atoms with Crippen LogP contribution in [0, 0.1) is 0 Å². The van der Waals surface area contributed by atoms with E-state index in [1.54, 1.807) is 0 Å². The highest BCUT2D eigenvalue weighted by Gasteiger charge is 2.37. The quantitative estimate of drug-likeness (QED) is 0.690. The third-order valence-corrected chi connectivity index (χ3v) is 5.80. The van der Waals surface area contributed by atoms with Crippen LogP contribution in [0.2, 0.25) is 0 Å². The minimum atomic E-state index is -4.86. The molecule has 0 aliphatic carbocycles. The molecule has 0 aliphatic rings. The van der Waals surface area contributed by atoms with Crippen molar-refractivity contribution in [3.8, 4) is 16.8 Å². The van der Waals surface area contributed by atoms with Crippen molar-refractivity contribution in [3.05, 3.63) is 60.4 Å². The maximum Gasteiger partial charge on any atom is 0.418 e. The summed E-state index contributed by atoms with van der Waals surface area (Å²) in [6.45, 7) is 0. The number of primary sulfonamides is 1. The molecule has 0 saturated heterocycles. The van der Waals surface area contributed by atoms with Gasteiger partial charge in [0.1, 0.15) is 4.90 Å². The molecule has 0 spiro atoms. The molecule has 11 heteroatoms. The predicted octanol–water partition coefficient (Wildman–Crippen LogP) is 2.94. The molecule has 6 nitrogen and oxygen atoms in total. The molecule has 0 fully saturated rings. The summed E-state index contributed by atoms with van der Waals surface area (Å²) in [5, 5.41) is 8.94. The molecule has 3 rings (SSSR count). The van der Waals surface area contributed by atoms with Crippen LogP contribution < -0.4 is 5.14 Å². The summed E-state index contributed by atoms with van der Waals surface area (Å²) in [5.74, 6) is 0. The Morgan fingerprint density at radius 3 is 2.21 bits per heavy atom. The van der Waals surface area contributed by atoms with E-state index in [0.29, 0.717) is 10.5 Å². The highest BCUT2D eigenvalue weighted by molar-refractivity contribution is 7.89. The van der Waals surface area contributed by atoms with E-state index in [0.717, 1.165) is 16.8 Å². The lowest BCUT2D eigenvalue weighted by molar-refractivity contribution is -0.137. The molecule has 28 heavy (non-hydrogen) atoms. The van der Waals surface area contributed by atoms with Gasteiger partial charge in [-0.3, -0.25) is 4.21 Å². The third kappa shape index (κ3) is 4.01. The second kappa shape index (κ2) is 7.15. The standard InChI is InChI=1S/C17H14F3N3O3S2/c1-27(24)13-5-3-11(4-6-13)12-9-14(17(18,19)20)16(23-8-2-7-22-23)15(10-12)28(21,25)26/h2-10H,1H3,(H2,21,25,26). The lowest BCUT2D eigenvalue weighted by Crippen LogP contribution is -2.20. The molecular formula is C17H14F3N3O3S2. The fourth-order valence-electron chi connectivity index (χ4n) is 2.68. The first-order valence-electron chi connectivity index (χ1n) is 7.70. The van der Waals surface area contributed by atoms with Crippen LogP contribution in [0.1, 0.15) is 5.56 Å². The molecule has 1 aromatic heterocycles. The van der Waals surface area contributed by atoms with Gasteiger partial charge in [-0.15, -0.1) is 0 Å². The zero-order chi connectivity index (χ0) is 20.7. The fourth-order valence-corrected chi connectivity index (χ4v) is 3.97. The van der Waals surface area contributed by atoms with Crippen LogP contribution >= 0.6 is 0 Å². The van der Waals surface area contributed by atoms with Crippen molar-refractivity contribution in [1.82, 2.24) is 9.78 Å². The van der Waals surface area contributed by atoms with Crippen LogP contribution in [0.25, 0.3) is 16.8 Å². The van der Waals surface area contributed by atoms with Gasteiger partial charge >= 0.3 is 6.18 Å². The van der Waals surface area contributed by atoms with E-state index >= 15 is 0 Å². The SMILES string of the molecule is CS(=O)c1ccc(-c2cc(C(F)(F)F)c(-n3cccn3)c(S(N)(=O)=O)c2)cc1. The fraction of sp³-hybridized carbons (Fsp3) is 0.118. The number of nitrogens with two attached hydrogens (primary N) is 1. The van der Waals surface area contributed by atoms with E-state index in [9.17, 15) is 25.8 Å². The second-order valence-corrected chi connectivity index (χ2v) is 8.75. The predicted molar refractivity (Wildman–Crippen MR) is 97.7 cm³/mol. The Morgan fingerprint density at radius 2 is 1.75 bits per heavy atom. The Balaban J connectivity index is 2.34. The van der Waals surface area contributed by atoms with Crippen molar-refractivity contribution in [2.45, 2.75) is 16.0 Å². The summed E-state index contributed by atoms with van der Waals surface area (Å²) < 4.78 is 77.8. The molecule has 1 unspecified atom stereocenters. The summed E-state index contributed by atoms with van der Waals surface area (Å²) in [5.41, 5.74) is -1.55. The lowest BCUT2D eigenvalue weighted by Gasteiger charge is -2.18. The Bertz CT molecular complexity index is 1140. The summed E-state index contributed by atoms with van der Waals surface area (Å²) in [6.07, 6.45) is -0.967.